The van der Waals surface area contributed by atoms with Gasteiger partial charge in [-0.2, -0.15) is 4.98 Å². The summed E-state index contributed by atoms with van der Waals surface area (Å²) in [4.78, 5) is 13.9. The van der Waals surface area contributed by atoms with Crippen LogP contribution in [0.15, 0.2) is 4.52 Å². The van der Waals surface area contributed by atoms with Crippen LogP contribution in [0.3, 0.4) is 0 Å². The van der Waals surface area contributed by atoms with Gasteiger partial charge in [-0.25, -0.2) is 4.79 Å². The molecule has 6 nitrogen and oxygen atoms in total. The molecule has 12 heavy (non-hydrogen) atoms. The highest BCUT2D eigenvalue weighted by atomic mass is 16.5. The molecule has 0 saturated carbocycles. The summed E-state index contributed by atoms with van der Waals surface area (Å²) in [6, 6.07) is -0.384. The van der Waals surface area contributed by atoms with Crippen molar-refractivity contribution >= 4 is 5.97 Å². The van der Waals surface area contributed by atoms with Crippen molar-refractivity contribution < 1.29 is 14.4 Å². The number of hydrogen-bond acceptors (Lipinski definition) is 5. The minimum Gasteiger partial charge on any atom is -0.475 e. The molecule has 0 fully saturated rings. The first-order valence-electron chi connectivity index (χ1n) is 3.47. The van der Waals surface area contributed by atoms with Crippen LogP contribution >= 0.6 is 0 Å². The summed E-state index contributed by atoms with van der Waals surface area (Å²) in [7, 11) is 0. The van der Waals surface area contributed by atoms with E-state index >= 15 is 0 Å². The maximum atomic E-state index is 10.3. The molecule has 0 aliphatic carbocycles. The standard InChI is InChI=1S/C6H9N3O3/c1-2-3(7)5-8-4(6(10)11)9-12-5/h3H,2,7H2,1H3,(H,10,11)/t3-/m1/s1. The number of aromatic carboxylic acids is 1. The minimum atomic E-state index is -1.21. The van der Waals surface area contributed by atoms with Crippen molar-refractivity contribution in [1.29, 1.82) is 0 Å². The Morgan fingerprint density at radius 2 is 2.50 bits per heavy atom. The second-order valence-corrected chi connectivity index (χ2v) is 2.28. The molecule has 0 radical (unpaired) electrons. The van der Waals surface area contributed by atoms with Crippen molar-refractivity contribution in [1.82, 2.24) is 10.1 Å². The zero-order valence-electron chi connectivity index (χ0n) is 6.52. The Morgan fingerprint density at radius 1 is 1.83 bits per heavy atom. The van der Waals surface area contributed by atoms with Crippen LogP contribution in [0.1, 0.15) is 35.9 Å². The summed E-state index contributed by atoms with van der Waals surface area (Å²) in [6.45, 7) is 1.84. The molecule has 0 aliphatic heterocycles. The highest BCUT2D eigenvalue weighted by molar-refractivity contribution is 5.82. The quantitative estimate of drug-likeness (QED) is 0.672. The molecular weight excluding hydrogens is 162 g/mol. The number of hydrogen-bond donors (Lipinski definition) is 2. The van der Waals surface area contributed by atoms with E-state index in [1.165, 1.54) is 0 Å². The van der Waals surface area contributed by atoms with Gasteiger partial charge in [-0.05, 0) is 11.6 Å². The van der Waals surface area contributed by atoms with Crippen LogP contribution in [0.25, 0.3) is 0 Å². The Balaban J connectivity index is 2.84. The van der Waals surface area contributed by atoms with Crippen molar-refractivity contribution in [3.8, 4) is 0 Å². The van der Waals surface area contributed by atoms with Gasteiger partial charge in [0.15, 0.2) is 0 Å². The predicted octanol–water partition coefficient (Wildman–Crippen LogP) is 0.178. The molecule has 0 spiro atoms. The van der Waals surface area contributed by atoms with Gasteiger partial charge in [0.05, 0.1) is 6.04 Å². The summed E-state index contributed by atoms with van der Waals surface area (Å²) in [5, 5.41) is 11.6. The van der Waals surface area contributed by atoms with E-state index in [4.69, 9.17) is 10.8 Å². The Bertz CT molecular complexity index is 283. The molecule has 0 aromatic carbocycles. The van der Waals surface area contributed by atoms with E-state index in [-0.39, 0.29) is 17.8 Å². The molecule has 1 heterocycles. The highest BCUT2D eigenvalue weighted by Crippen LogP contribution is 2.10. The molecule has 1 aromatic rings. The normalized spacial score (nSPS) is 12.8. The first-order valence-corrected chi connectivity index (χ1v) is 3.47. The maximum absolute atomic E-state index is 10.3. The van der Waals surface area contributed by atoms with Crippen molar-refractivity contribution in [2.24, 2.45) is 5.73 Å². The van der Waals surface area contributed by atoms with Crippen molar-refractivity contribution in [2.45, 2.75) is 19.4 Å². The molecule has 0 unspecified atom stereocenters. The third-order valence-electron chi connectivity index (χ3n) is 1.39. The third-order valence-corrected chi connectivity index (χ3v) is 1.39. The Labute approximate surface area is 68.4 Å². The lowest BCUT2D eigenvalue weighted by atomic mass is 10.2. The van der Waals surface area contributed by atoms with Crippen LogP contribution in [0.4, 0.5) is 0 Å². The van der Waals surface area contributed by atoms with E-state index in [1.54, 1.807) is 0 Å². The van der Waals surface area contributed by atoms with Crippen LogP contribution in [-0.2, 0) is 0 Å². The molecule has 0 amide bonds. The fourth-order valence-electron chi connectivity index (χ4n) is 0.647. The van der Waals surface area contributed by atoms with Gasteiger partial charge in [0.25, 0.3) is 5.82 Å². The molecule has 1 aromatic heterocycles. The number of aromatic nitrogens is 2. The van der Waals surface area contributed by atoms with Crippen molar-refractivity contribution in [3.05, 3.63) is 11.7 Å². The lowest BCUT2D eigenvalue weighted by Gasteiger charge is -1.98. The summed E-state index contributed by atoms with van der Waals surface area (Å²) >= 11 is 0. The molecule has 0 bridgehead atoms. The van der Waals surface area contributed by atoms with Gasteiger partial charge in [0, 0.05) is 0 Å². The van der Waals surface area contributed by atoms with E-state index < -0.39 is 5.97 Å². The monoisotopic (exact) mass is 171 g/mol. The Morgan fingerprint density at radius 3 is 2.92 bits per heavy atom. The topological polar surface area (TPSA) is 102 Å². The Kier molecular flexibility index (Phi) is 2.39. The number of rotatable bonds is 3. The van der Waals surface area contributed by atoms with Crippen molar-refractivity contribution in [2.75, 3.05) is 0 Å². The average molecular weight is 171 g/mol. The zero-order chi connectivity index (χ0) is 9.14. The molecule has 0 aliphatic rings. The average Bonchev–Trinajstić information content (AvgIpc) is 2.51. The minimum absolute atomic E-state index is 0.162. The molecule has 1 rings (SSSR count). The zero-order valence-corrected chi connectivity index (χ0v) is 6.52. The van der Waals surface area contributed by atoms with E-state index in [9.17, 15) is 4.79 Å². The number of nitrogens with two attached hydrogens (primary N) is 1. The van der Waals surface area contributed by atoms with Crippen molar-refractivity contribution in [3.63, 3.8) is 0 Å². The highest BCUT2D eigenvalue weighted by Gasteiger charge is 2.16. The molecule has 66 valence electrons. The van der Waals surface area contributed by atoms with Gasteiger partial charge >= 0.3 is 5.97 Å². The Hall–Kier alpha value is -1.43. The smallest absolute Gasteiger partial charge is 0.377 e. The van der Waals surface area contributed by atoms with Crippen LogP contribution in [0.2, 0.25) is 0 Å². The molecule has 3 N–H and O–H groups in total. The SMILES string of the molecule is CC[C@@H](N)c1nc(C(=O)O)no1. The third kappa shape index (κ3) is 1.59. The van der Waals surface area contributed by atoms with Gasteiger partial charge in [-0.15, -0.1) is 0 Å². The number of nitrogens with zero attached hydrogens (tertiary/aromatic N) is 2. The largest absolute Gasteiger partial charge is 0.475 e. The molecular formula is C6H9N3O3. The lowest BCUT2D eigenvalue weighted by molar-refractivity contribution is 0.0680. The molecule has 6 heteroatoms. The first-order chi connectivity index (χ1) is 5.65. The number of carbonyl (C=O) groups is 1. The lowest BCUT2D eigenvalue weighted by Crippen LogP contribution is -2.09. The first kappa shape index (κ1) is 8.66. The summed E-state index contributed by atoms with van der Waals surface area (Å²) in [6.07, 6.45) is 0.626. The summed E-state index contributed by atoms with van der Waals surface area (Å²) in [5.41, 5.74) is 5.52. The fraction of sp³-hybridized carbons (Fsp3) is 0.500. The van der Waals surface area contributed by atoms with Crippen LogP contribution in [-0.4, -0.2) is 21.2 Å². The predicted molar refractivity (Wildman–Crippen MR) is 38.5 cm³/mol. The van der Waals surface area contributed by atoms with E-state index in [2.05, 4.69) is 14.7 Å². The number of carboxylic acids is 1. The van der Waals surface area contributed by atoms with Crippen LogP contribution < -0.4 is 5.73 Å². The van der Waals surface area contributed by atoms with E-state index in [0.29, 0.717) is 6.42 Å². The second kappa shape index (κ2) is 3.31. The molecule has 0 saturated heterocycles. The maximum Gasteiger partial charge on any atom is 0.377 e. The van der Waals surface area contributed by atoms with Gasteiger partial charge in [0.2, 0.25) is 5.89 Å². The summed E-state index contributed by atoms with van der Waals surface area (Å²) in [5.74, 6) is -1.41. The molecule has 1 atom stereocenters. The van der Waals surface area contributed by atoms with E-state index in [1.807, 2.05) is 6.92 Å². The summed E-state index contributed by atoms with van der Waals surface area (Å²) < 4.78 is 4.61. The van der Waals surface area contributed by atoms with Crippen LogP contribution in [0, 0.1) is 0 Å². The second-order valence-electron chi connectivity index (χ2n) is 2.28. The number of carboxylic acid groups (broad SMARTS) is 1. The van der Waals surface area contributed by atoms with Gasteiger partial charge in [-0.3, -0.25) is 0 Å². The fourth-order valence-corrected chi connectivity index (χ4v) is 0.647. The van der Waals surface area contributed by atoms with Gasteiger partial charge in [0.1, 0.15) is 0 Å². The van der Waals surface area contributed by atoms with Crippen LogP contribution in [0.5, 0.6) is 0 Å². The van der Waals surface area contributed by atoms with Gasteiger partial charge < -0.3 is 15.4 Å². The van der Waals surface area contributed by atoms with E-state index in [0.717, 1.165) is 0 Å². The van der Waals surface area contributed by atoms with Gasteiger partial charge in [-0.1, -0.05) is 6.92 Å².